The molecule has 10 heteroatoms. The Morgan fingerprint density at radius 1 is 0.525 bits per heavy atom. The van der Waals surface area contributed by atoms with Gasteiger partial charge >= 0.3 is 11.9 Å². The van der Waals surface area contributed by atoms with Gasteiger partial charge in [0.25, 0.3) is 0 Å². The molecule has 4 aromatic carbocycles. The molecule has 2 amide bonds. The van der Waals surface area contributed by atoms with Crippen LogP contribution in [-0.4, -0.2) is 83.0 Å². The molecule has 10 nitrogen and oxygen atoms in total. The fourth-order valence-electron chi connectivity index (χ4n) is 4.43. The maximum Gasteiger partial charge on any atom is 0.317 e. The van der Waals surface area contributed by atoms with E-state index < -0.39 is 36.8 Å². The van der Waals surface area contributed by atoms with Gasteiger partial charge in [-0.2, -0.15) is 0 Å². The summed E-state index contributed by atoms with van der Waals surface area (Å²) in [6.45, 7) is -1.15. The van der Waals surface area contributed by atoms with Crippen LogP contribution < -0.4 is 10.6 Å². The van der Waals surface area contributed by atoms with Gasteiger partial charge in [0.05, 0.1) is 26.2 Å². The molecule has 0 aliphatic heterocycles. The summed E-state index contributed by atoms with van der Waals surface area (Å²) in [5, 5.41) is 28.2. The normalized spacial score (nSPS) is 11.2. The van der Waals surface area contributed by atoms with Crippen molar-refractivity contribution in [2.75, 3.05) is 49.9 Å². The number of carbonyl (C=O) groups excluding carboxylic acids is 2. The number of fused-ring (bicyclic) bond motifs is 2. The van der Waals surface area contributed by atoms with Gasteiger partial charge in [-0.25, -0.2) is 0 Å². The third-order valence-corrected chi connectivity index (χ3v) is 6.25. The van der Waals surface area contributed by atoms with Gasteiger partial charge in [0.2, 0.25) is 11.8 Å². The van der Waals surface area contributed by atoms with Crippen LogP contribution in [0, 0.1) is 0 Å². The number of benzene rings is 4. The molecule has 0 saturated heterocycles. The van der Waals surface area contributed by atoms with Crippen LogP contribution in [0.2, 0.25) is 0 Å². The first-order chi connectivity index (χ1) is 19.2. The molecule has 0 saturated carbocycles. The van der Waals surface area contributed by atoms with E-state index in [0.717, 1.165) is 21.5 Å². The highest BCUT2D eigenvalue weighted by molar-refractivity contribution is 5.96. The van der Waals surface area contributed by atoms with Crippen molar-refractivity contribution in [3.63, 3.8) is 0 Å². The molecule has 0 unspecified atom stereocenters. The van der Waals surface area contributed by atoms with Crippen LogP contribution in [0.15, 0.2) is 84.9 Å². The van der Waals surface area contributed by atoms with E-state index in [0.29, 0.717) is 11.4 Å². The zero-order chi connectivity index (χ0) is 28.5. The molecule has 0 bridgehead atoms. The molecule has 40 heavy (non-hydrogen) atoms. The SMILES string of the molecule is O=C(O)CN(CCN(CC(=O)O)CC(=O)Nc1ccc2ccccc2c1)CC(=O)Nc1ccc2ccccc2c1. The third kappa shape index (κ3) is 8.35. The molecule has 0 spiro atoms. The molecule has 206 valence electrons. The van der Waals surface area contributed by atoms with Gasteiger partial charge in [-0.3, -0.25) is 29.0 Å². The quantitative estimate of drug-likeness (QED) is 0.202. The monoisotopic (exact) mass is 542 g/mol. The average Bonchev–Trinajstić information content (AvgIpc) is 2.90. The van der Waals surface area contributed by atoms with Crippen molar-refractivity contribution in [1.29, 1.82) is 0 Å². The molecule has 0 aliphatic rings. The van der Waals surface area contributed by atoms with Crippen molar-refractivity contribution in [1.82, 2.24) is 9.80 Å². The van der Waals surface area contributed by atoms with Crippen LogP contribution in [0.4, 0.5) is 11.4 Å². The molecular formula is C30H30N4O6. The number of amides is 2. The van der Waals surface area contributed by atoms with Crippen molar-refractivity contribution >= 4 is 56.7 Å². The molecule has 4 aromatic rings. The molecular weight excluding hydrogens is 512 g/mol. The standard InChI is InChI=1S/C30H30N4O6/c35-27(31-25-11-9-21-5-1-3-7-23(21)15-25)17-33(19-29(37)38)13-14-34(20-30(39)40)18-28(36)32-26-12-10-22-6-2-4-8-24(22)16-26/h1-12,15-16H,13-14,17-20H2,(H,31,35)(H,32,36)(H,37,38)(H,39,40). The predicted octanol–water partition coefficient (Wildman–Crippen LogP) is 3.34. The van der Waals surface area contributed by atoms with Crippen LogP contribution in [0.3, 0.4) is 0 Å². The maximum atomic E-state index is 12.7. The van der Waals surface area contributed by atoms with Crippen molar-refractivity contribution in [3.8, 4) is 0 Å². The second-order valence-corrected chi connectivity index (χ2v) is 9.43. The van der Waals surface area contributed by atoms with Crippen LogP contribution in [-0.2, 0) is 19.2 Å². The lowest BCUT2D eigenvalue weighted by molar-refractivity contribution is -0.140. The highest BCUT2D eigenvalue weighted by atomic mass is 16.4. The van der Waals surface area contributed by atoms with Crippen molar-refractivity contribution < 1.29 is 29.4 Å². The van der Waals surface area contributed by atoms with E-state index in [1.165, 1.54) is 9.80 Å². The first kappa shape index (κ1) is 28.2. The summed E-state index contributed by atoms with van der Waals surface area (Å²) in [4.78, 5) is 51.1. The number of carbonyl (C=O) groups is 4. The Kier molecular flexibility index (Phi) is 9.39. The molecule has 0 aliphatic carbocycles. The minimum atomic E-state index is -1.13. The van der Waals surface area contributed by atoms with E-state index in [1.807, 2.05) is 72.8 Å². The van der Waals surface area contributed by atoms with E-state index in [1.54, 1.807) is 12.1 Å². The van der Waals surface area contributed by atoms with E-state index in [4.69, 9.17) is 0 Å². The summed E-state index contributed by atoms with van der Waals surface area (Å²) < 4.78 is 0. The van der Waals surface area contributed by atoms with Gasteiger partial charge in [-0.05, 0) is 45.8 Å². The van der Waals surface area contributed by atoms with Gasteiger partial charge < -0.3 is 20.8 Å². The molecule has 4 N–H and O–H groups in total. The summed E-state index contributed by atoms with van der Waals surface area (Å²) in [6, 6.07) is 26.4. The van der Waals surface area contributed by atoms with Crippen molar-refractivity contribution in [2.24, 2.45) is 0 Å². The zero-order valence-electron chi connectivity index (χ0n) is 21.7. The van der Waals surface area contributed by atoms with E-state index in [-0.39, 0.29) is 26.2 Å². The molecule has 0 radical (unpaired) electrons. The molecule has 0 aromatic heterocycles. The first-order valence-corrected chi connectivity index (χ1v) is 12.7. The average molecular weight is 543 g/mol. The minimum Gasteiger partial charge on any atom is -0.480 e. The number of hydrogen-bond acceptors (Lipinski definition) is 6. The number of hydrogen-bond donors (Lipinski definition) is 4. The van der Waals surface area contributed by atoms with Gasteiger partial charge in [0.1, 0.15) is 0 Å². The topological polar surface area (TPSA) is 139 Å². The third-order valence-electron chi connectivity index (χ3n) is 6.25. The van der Waals surface area contributed by atoms with E-state index >= 15 is 0 Å². The summed E-state index contributed by atoms with van der Waals surface area (Å²) in [5.41, 5.74) is 1.16. The minimum absolute atomic E-state index is 0.0635. The van der Waals surface area contributed by atoms with Crippen LogP contribution in [0.1, 0.15) is 0 Å². The second kappa shape index (κ2) is 13.3. The van der Waals surface area contributed by atoms with Crippen molar-refractivity contribution in [3.05, 3.63) is 84.9 Å². The first-order valence-electron chi connectivity index (χ1n) is 12.7. The highest BCUT2D eigenvalue weighted by Crippen LogP contribution is 2.20. The van der Waals surface area contributed by atoms with E-state index in [2.05, 4.69) is 10.6 Å². The number of carboxylic acids is 2. The Labute approximate surface area is 230 Å². The largest absolute Gasteiger partial charge is 0.480 e. The predicted molar refractivity (Wildman–Crippen MR) is 153 cm³/mol. The number of rotatable bonds is 13. The fourth-order valence-corrected chi connectivity index (χ4v) is 4.43. The summed E-state index contributed by atoms with van der Waals surface area (Å²) in [5.74, 6) is -3.07. The lowest BCUT2D eigenvalue weighted by atomic mass is 10.1. The smallest absolute Gasteiger partial charge is 0.317 e. The van der Waals surface area contributed by atoms with Crippen LogP contribution >= 0.6 is 0 Å². The van der Waals surface area contributed by atoms with Gasteiger partial charge in [0, 0.05) is 24.5 Å². The zero-order valence-corrected chi connectivity index (χ0v) is 21.7. The van der Waals surface area contributed by atoms with Crippen LogP contribution in [0.25, 0.3) is 21.5 Å². The number of nitrogens with one attached hydrogen (secondary N) is 2. The lowest BCUT2D eigenvalue weighted by Gasteiger charge is -2.25. The Balaban J connectivity index is 1.35. The maximum absolute atomic E-state index is 12.7. The van der Waals surface area contributed by atoms with Crippen LogP contribution in [0.5, 0.6) is 0 Å². The molecule has 0 atom stereocenters. The Bertz CT molecular complexity index is 1420. The summed E-state index contributed by atoms with van der Waals surface area (Å²) in [7, 11) is 0. The summed E-state index contributed by atoms with van der Waals surface area (Å²) in [6.07, 6.45) is 0. The Morgan fingerprint density at radius 2 is 0.900 bits per heavy atom. The second-order valence-electron chi connectivity index (χ2n) is 9.43. The van der Waals surface area contributed by atoms with Gasteiger partial charge in [-0.15, -0.1) is 0 Å². The number of aliphatic carboxylic acids is 2. The molecule has 4 rings (SSSR count). The number of carboxylic acid groups (broad SMARTS) is 2. The number of nitrogens with zero attached hydrogens (tertiary/aromatic N) is 2. The lowest BCUT2D eigenvalue weighted by Crippen LogP contribution is -2.44. The Hall–Kier alpha value is -4.80. The fraction of sp³-hybridized carbons (Fsp3) is 0.200. The summed E-state index contributed by atoms with van der Waals surface area (Å²) >= 11 is 0. The van der Waals surface area contributed by atoms with Gasteiger partial charge in [-0.1, -0.05) is 60.7 Å². The van der Waals surface area contributed by atoms with E-state index in [9.17, 15) is 29.4 Å². The molecule has 0 heterocycles. The van der Waals surface area contributed by atoms with Gasteiger partial charge in [0.15, 0.2) is 0 Å². The number of anilines is 2. The Morgan fingerprint density at radius 3 is 1.27 bits per heavy atom. The highest BCUT2D eigenvalue weighted by Gasteiger charge is 2.19. The molecule has 0 fully saturated rings. The van der Waals surface area contributed by atoms with Crippen molar-refractivity contribution in [2.45, 2.75) is 0 Å².